The van der Waals surface area contributed by atoms with Crippen LogP contribution in [0.3, 0.4) is 0 Å². The molecule has 0 aliphatic rings. The Bertz CT molecular complexity index is 1560. The number of alkyl halides is 3. The van der Waals surface area contributed by atoms with Crippen molar-refractivity contribution in [3.63, 3.8) is 0 Å². The van der Waals surface area contributed by atoms with Gasteiger partial charge in [0.15, 0.2) is 17.0 Å². The quantitative estimate of drug-likeness (QED) is 0.292. The summed E-state index contributed by atoms with van der Waals surface area (Å²) in [4.78, 5) is 20.1. The first kappa shape index (κ1) is 23.2. The number of fused-ring (bicyclic) bond motifs is 2. The minimum atomic E-state index is -4.71. The lowest BCUT2D eigenvalue weighted by atomic mass is 10.1. The Morgan fingerprint density at radius 1 is 1.03 bits per heavy atom. The van der Waals surface area contributed by atoms with Crippen molar-refractivity contribution in [2.45, 2.75) is 12.6 Å². The molecule has 0 fully saturated rings. The van der Waals surface area contributed by atoms with Crippen molar-refractivity contribution in [1.29, 1.82) is 0 Å². The Morgan fingerprint density at radius 2 is 1.77 bits per heavy atom. The average Bonchev–Trinajstić information content (AvgIpc) is 3.42. The fourth-order valence-corrected chi connectivity index (χ4v) is 4.11. The van der Waals surface area contributed by atoms with Gasteiger partial charge in [0.05, 0.1) is 5.69 Å². The van der Waals surface area contributed by atoms with E-state index in [1.807, 2.05) is 18.3 Å². The van der Waals surface area contributed by atoms with Gasteiger partial charge in [0.1, 0.15) is 0 Å². The number of H-pyrrole nitrogens is 1. The van der Waals surface area contributed by atoms with Crippen LogP contribution in [-0.4, -0.2) is 32.0 Å². The molecule has 5 rings (SSSR count). The number of rotatable bonds is 5. The van der Waals surface area contributed by atoms with Gasteiger partial charge in [-0.25, -0.2) is 9.50 Å². The molecule has 0 bridgehead atoms. The molecule has 178 valence electrons. The molecule has 1 amide bonds. The maximum absolute atomic E-state index is 13.8. The van der Waals surface area contributed by atoms with E-state index < -0.39 is 17.8 Å². The fraction of sp³-hybridized carbons (Fsp3) is 0.125. The smallest absolute Gasteiger partial charge is 0.361 e. The molecular weight excluding hydrogens is 502 g/mol. The Labute approximate surface area is 206 Å². The second-order valence-electron chi connectivity index (χ2n) is 7.84. The number of benzene rings is 2. The van der Waals surface area contributed by atoms with Gasteiger partial charge in [-0.3, -0.25) is 4.79 Å². The van der Waals surface area contributed by atoms with Crippen molar-refractivity contribution >= 4 is 45.7 Å². The SMILES string of the molecule is O=C(NCCc1c[nH]c2ccc(Cl)cc12)c1cc2nc(-c3ccc(Cl)cc3)cc(C(F)(F)F)n2n1. The van der Waals surface area contributed by atoms with Crippen molar-refractivity contribution in [3.8, 4) is 11.3 Å². The molecular formula is C24H16Cl2F3N5O. The van der Waals surface area contributed by atoms with Gasteiger partial charge in [-0.2, -0.15) is 18.3 Å². The van der Waals surface area contributed by atoms with Crippen LogP contribution in [0.25, 0.3) is 27.8 Å². The van der Waals surface area contributed by atoms with E-state index in [9.17, 15) is 18.0 Å². The maximum atomic E-state index is 13.8. The summed E-state index contributed by atoms with van der Waals surface area (Å²) in [7, 11) is 0. The van der Waals surface area contributed by atoms with Crippen LogP contribution >= 0.6 is 23.2 Å². The highest BCUT2D eigenvalue weighted by molar-refractivity contribution is 6.31. The molecule has 0 saturated carbocycles. The average molecular weight is 518 g/mol. The van der Waals surface area contributed by atoms with Gasteiger partial charge in [-0.05, 0) is 48.4 Å². The van der Waals surface area contributed by atoms with E-state index in [4.69, 9.17) is 23.2 Å². The summed E-state index contributed by atoms with van der Waals surface area (Å²) >= 11 is 11.9. The van der Waals surface area contributed by atoms with Crippen molar-refractivity contribution in [2.24, 2.45) is 0 Å². The zero-order valence-corrected chi connectivity index (χ0v) is 19.3. The fourth-order valence-electron chi connectivity index (χ4n) is 3.81. The third kappa shape index (κ3) is 4.69. The van der Waals surface area contributed by atoms with E-state index in [0.717, 1.165) is 22.5 Å². The first-order valence-corrected chi connectivity index (χ1v) is 11.2. The molecule has 0 saturated heterocycles. The minimum Gasteiger partial charge on any atom is -0.361 e. The zero-order chi connectivity index (χ0) is 24.7. The van der Waals surface area contributed by atoms with E-state index in [2.05, 4.69) is 20.4 Å². The van der Waals surface area contributed by atoms with Crippen molar-refractivity contribution < 1.29 is 18.0 Å². The number of amides is 1. The first-order valence-electron chi connectivity index (χ1n) is 10.5. The number of carbonyl (C=O) groups is 1. The minimum absolute atomic E-state index is 0.0892. The Hall–Kier alpha value is -3.56. The molecule has 0 atom stereocenters. The van der Waals surface area contributed by atoms with E-state index in [1.54, 1.807) is 30.3 Å². The summed E-state index contributed by atoms with van der Waals surface area (Å²) in [6.07, 6.45) is -2.39. The molecule has 0 aliphatic heterocycles. The summed E-state index contributed by atoms with van der Waals surface area (Å²) in [6.45, 7) is 0.252. The predicted molar refractivity (Wildman–Crippen MR) is 128 cm³/mol. The van der Waals surface area contributed by atoms with Crippen LogP contribution in [0.1, 0.15) is 21.7 Å². The first-order chi connectivity index (χ1) is 16.7. The van der Waals surface area contributed by atoms with Crippen LogP contribution in [0.5, 0.6) is 0 Å². The highest BCUT2D eigenvalue weighted by Gasteiger charge is 2.35. The molecule has 0 spiro atoms. The standard InChI is InChI=1S/C24H16Cl2F3N5O/c25-15-3-1-13(2-4-15)19-10-21(24(27,28)29)34-22(32-19)11-20(33-34)23(35)30-8-7-14-12-31-18-6-5-16(26)9-17(14)18/h1-6,9-12,31H,7-8H2,(H,30,35). The number of hydrogen-bond donors (Lipinski definition) is 2. The topological polar surface area (TPSA) is 75.1 Å². The molecule has 5 aromatic rings. The summed E-state index contributed by atoms with van der Waals surface area (Å²) < 4.78 is 42.0. The lowest BCUT2D eigenvalue weighted by Crippen LogP contribution is -2.26. The van der Waals surface area contributed by atoms with Gasteiger partial charge in [0.25, 0.3) is 5.91 Å². The van der Waals surface area contributed by atoms with E-state index >= 15 is 0 Å². The number of carbonyl (C=O) groups excluding carboxylic acids is 1. The van der Waals surface area contributed by atoms with Crippen LogP contribution in [0.15, 0.2) is 60.8 Å². The molecule has 2 N–H and O–H groups in total. The Balaban J connectivity index is 1.40. The second-order valence-corrected chi connectivity index (χ2v) is 8.71. The van der Waals surface area contributed by atoms with Gasteiger partial charge >= 0.3 is 6.18 Å². The molecule has 0 radical (unpaired) electrons. The monoisotopic (exact) mass is 517 g/mol. The van der Waals surface area contributed by atoms with Crippen LogP contribution in [-0.2, 0) is 12.6 Å². The summed E-state index contributed by atoms with van der Waals surface area (Å²) in [5.41, 5.74) is 1.10. The van der Waals surface area contributed by atoms with Gasteiger partial charge in [-0.1, -0.05) is 35.3 Å². The van der Waals surface area contributed by atoms with Crippen LogP contribution in [0.2, 0.25) is 10.0 Å². The highest BCUT2D eigenvalue weighted by atomic mass is 35.5. The number of hydrogen-bond acceptors (Lipinski definition) is 3. The maximum Gasteiger partial charge on any atom is 0.433 e. The van der Waals surface area contributed by atoms with Gasteiger partial charge in [0, 0.05) is 45.3 Å². The molecule has 2 aromatic carbocycles. The lowest BCUT2D eigenvalue weighted by Gasteiger charge is -2.11. The lowest BCUT2D eigenvalue weighted by molar-refractivity contribution is -0.142. The van der Waals surface area contributed by atoms with Gasteiger partial charge in [-0.15, -0.1) is 0 Å². The molecule has 35 heavy (non-hydrogen) atoms. The number of aromatic amines is 1. The molecule has 0 aliphatic carbocycles. The summed E-state index contributed by atoms with van der Waals surface area (Å²) in [5.74, 6) is -0.602. The predicted octanol–water partition coefficient (Wildman–Crippen LogP) is 6.18. The highest BCUT2D eigenvalue weighted by Crippen LogP contribution is 2.32. The number of nitrogens with one attached hydrogen (secondary N) is 2. The van der Waals surface area contributed by atoms with Crippen molar-refractivity contribution in [1.82, 2.24) is 24.9 Å². The molecule has 0 unspecified atom stereocenters. The molecule has 3 heterocycles. The third-order valence-electron chi connectivity index (χ3n) is 5.50. The van der Waals surface area contributed by atoms with Crippen LogP contribution < -0.4 is 5.32 Å². The van der Waals surface area contributed by atoms with Crippen LogP contribution in [0.4, 0.5) is 13.2 Å². The van der Waals surface area contributed by atoms with E-state index in [1.165, 1.54) is 6.07 Å². The number of nitrogens with zero attached hydrogens (tertiary/aromatic N) is 3. The summed E-state index contributed by atoms with van der Waals surface area (Å²) in [5, 5.41) is 8.57. The van der Waals surface area contributed by atoms with Crippen LogP contribution in [0, 0.1) is 0 Å². The molecule has 3 aromatic heterocycles. The van der Waals surface area contributed by atoms with Gasteiger partial charge < -0.3 is 10.3 Å². The molecule has 6 nitrogen and oxygen atoms in total. The number of aromatic nitrogens is 4. The summed E-state index contributed by atoms with van der Waals surface area (Å²) in [6, 6.07) is 13.9. The van der Waals surface area contributed by atoms with E-state index in [-0.39, 0.29) is 23.6 Å². The zero-order valence-electron chi connectivity index (χ0n) is 17.8. The molecule has 11 heteroatoms. The third-order valence-corrected chi connectivity index (χ3v) is 5.99. The normalized spacial score (nSPS) is 11.9. The second kappa shape index (κ2) is 8.90. The number of halogens is 5. The van der Waals surface area contributed by atoms with Crippen molar-refractivity contribution in [3.05, 3.63) is 87.8 Å². The Kier molecular flexibility index (Phi) is 5.90. The van der Waals surface area contributed by atoms with E-state index in [0.29, 0.717) is 26.5 Å². The largest absolute Gasteiger partial charge is 0.433 e. The van der Waals surface area contributed by atoms with Gasteiger partial charge in [0.2, 0.25) is 0 Å². The Morgan fingerprint density at radius 3 is 2.51 bits per heavy atom. The van der Waals surface area contributed by atoms with Crippen molar-refractivity contribution in [2.75, 3.05) is 6.54 Å².